The van der Waals surface area contributed by atoms with Gasteiger partial charge in [-0.3, -0.25) is 9.59 Å². The Kier molecular flexibility index (Phi) is 13.8. The van der Waals surface area contributed by atoms with Crippen molar-refractivity contribution in [2.24, 2.45) is 17.8 Å². The van der Waals surface area contributed by atoms with E-state index in [4.69, 9.17) is 19.4 Å². The van der Waals surface area contributed by atoms with Gasteiger partial charge in [0, 0.05) is 30.8 Å². The number of carbonyl (C=O) groups is 4. The number of carbonyl (C=O) groups excluding carboxylic acids is 4. The van der Waals surface area contributed by atoms with Crippen LogP contribution in [0.5, 0.6) is 0 Å². The van der Waals surface area contributed by atoms with Gasteiger partial charge in [-0.15, -0.1) is 22.7 Å². The molecule has 6 heterocycles. The summed E-state index contributed by atoms with van der Waals surface area (Å²) in [5, 5.41) is 9.55. The summed E-state index contributed by atoms with van der Waals surface area (Å²) < 4.78 is 9.60. The molecule has 6 aromatic rings. The highest BCUT2D eigenvalue weighted by molar-refractivity contribution is 7.13. The van der Waals surface area contributed by atoms with Crippen LogP contribution in [0.25, 0.3) is 54.8 Å². The second-order valence-corrected chi connectivity index (χ2v) is 19.2. The molecule has 4 aromatic heterocycles. The molecule has 2 aliphatic heterocycles. The molecule has 2 saturated heterocycles. The first kappa shape index (κ1) is 45.3. The number of nitrogens with zero attached hydrogens (tertiary/aromatic N) is 4. The van der Waals surface area contributed by atoms with Gasteiger partial charge in [0.25, 0.3) is 0 Å². The molecule has 0 aliphatic carbocycles. The molecule has 4 atom stereocenters. The molecule has 65 heavy (non-hydrogen) atoms. The van der Waals surface area contributed by atoms with Crippen LogP contribution in [0.15, 0.2) is 83.6 Å². The normalized spacial score (nSPS) is 17.1. The van der Waals surface area contributed by atoms with E-state index in [-0.39, 0.29) is 42.3 Å². The van der Waals surface area contributed by atoms with E-state index in [9.17, 15) is 19.2 Å². The third-order valence-electron chi connectivity index (χ3n) is 12.5. The van der Waals surface area contributed by atoms with Gasteiger partial charge in [0.1, 0.15) is 17.7 Å². The molecule has 0 radical (unpaired) electrons. The minimum absolute atomic E-state index is 0.000968. The minimum atomic E-state index is -0.719. The molecular formula is C49H56N8O6S2. The number of rotatable bonds is 14. The number of alkyl carbamates (subject to hydrolysis) is 2. The predicted molar refractivity (Wildman–Crippen MR) is 254 cm³/mol. The maximum absolute atomic E-state index is 14.0. The van der Waals surface area contributed by atoms with Crippen molar-refractivity contribution in [3.05, 3.63) is 95.2 Å². The molecule has 0 spiro atoms. The Hall–Kier alpha value is -6.26. The quantitative estimate of drug-likeness (QED) is 0.0835. The molecule has 2 aromatic carbocycles. The highest BCUT2D eigenvalue weighted by atomic mass is 32.1. The number of benzene rings is 2. The van der Waals surface area contributed by atoms with Crippen LogP contribution in [0.4, 0.5) is 9.59 Å². The number of ether oxygens (including phenoxy) is 2. The van der Waals surface area contributed by atoms with Gasteiger partial charge in [0.05, 0.1) is 64.8 Å². The smallest absolute Gasteiger partial charge is 0.407 e. The lowest BCUT2D eigenvalue weighted by atomic mass is 9.94. The number of methoxy groups -OCH3 is 2. The first-order chi connectivity index (χ1) is 31.4. The van der Waals surface area contributed by atoms with Gasteiger partial charge in [-0.05, 0) is 71.5 Å². The number of hydrogen-bond donors (Lipinski definition) is 4. The number of nitrogens with one attached hydrogen (secondary N) is 4. The fraction of sp³-hybridized carbons (Fsp3) is 0.388. The minimum Gasteiger partial charge on any atom is -0.453 e. The maximum Gasteiger partial charge on any atom is 0.407 e. The van der Waals surface area contributed by atoms with Crippen LogP contribution >= 0.6 is 22.7 Å². The van der Waals surface area contributed by atoms with Crippen LogP contribution in [-0.2, 0) is 19.1 Å². The fourth-order valence-corrected chi connectivity index (χ4v) is 10.4. The van der Waals surface area contributed by atoms with E-state index in [1.165, 1.54) is 14.2 Å². The second-order valence-electron chi connectivity index (χ2n) is 17.3. The summed E-state index contributed by atoms with van der Waals surface area (Å²) in [4.78, 5) is 75.5. The fourth-order valence-electron chi connectivity index (χ4n) is 8.95. The first-order valence-corrected chi connectivity index (χ1v) is 24.0. The zero-order chi connectivity index (χ0) is 45.8. The lowest BCUT2D eigenvalue weighted by Gasteiger charge is -2.30. The van der Waals surface area contributed by atoms with E-state index in [0.717, 1.165) is 92.1 Å². The van der Waals surface area contributed by atoms with E-state index < -0.39 is 24.1 Å². The summed E-state index contributed by atoms with van der Waals surface area (Å²) in [6.07, 6.45) is 2.04. The van der Waals surface area contributed by atoms with E-state index >= 15 is 0 Å². The number of aromatic nitrogens is 4. The molecule has 4 amide bonds. The largest absolute Gasteiger partial charge is 0.453 e. The van der Waals surface area contributed by atoms with Gasteiger partial charge in [0.15, 0.2) is 0 Å². The molecule has 0 saturated carbocycles. The van der Waals surface area contributed by atoms with Crippen molar-refractivity contribution < 1.29 is 28.7 Å². The van der Waals surface area contributed by atoms with Gasteiger partial charge >= 0.3 is 12.2 Å². The summed E-state index contributed by atoms with van der Waals surface area (Å²) in [5.74, 6) is 0.809. The van der Waals surface area contributed by atoms with Gasteiger partial charge < -0.3 is 39.9 Å². The Bertz CT molecular complexity index is 2580. The summed E-state index contributed by atoms with van der Waals surface area (Å²) in [6.45, 7) is 9.21. The summed E-state index contributed by atoms with van der Waals surface area (Å²) in [7, 11) is 2.62. The summed E-state index contributed by atoms with van der Waals surface area (Å²) in [6, 6.07) is 23.8. The van der Waals surface area contributed by atoms with Crippen LogP contribution in [0, 0.1) is 17.8 Å². The number of H-pyrrole nitrogens is 2. The number of likely N-dealkylation sites (tertiary alicyclic amines) is 2. The number of imidazole rings is 2. The lowest BCUT2D eigenvalue weighted by molar-refractivity contribution is -0.138. The predicted octanol–water partition coefficient (Wildman–Crippen LogP) is 9.93. The maximum atomic E-state index is 14.0. The molecule has 0 bridgehead atoms. The number of thiophene rings is 2. The van der Waals surface area contributed by atoms with Crippen LogP contribution < -0.4 is 10.6 Å². The van der Waals surface area contributed by atoms with Crippen LogP contribution in [0.1, 0.15) is 77.1 Å². The third-order valence-corrected chi connectivity index (χ3v) is 14.3. The third kappa shape index (κ3) is 9.59. The monoisotopic (exact) mass is 916 g/mol. The van der Waals surface area contributed by atoms with E-state index in [2.05, 4.69) is 81.3 Å². The average molecular weight is 917 g/mol. The Morgan fingerprint density at radius 3 is 1.54 bits per heavy atom. The second kappa shape index (κ2) is 19.9. The van der Waals surface area contributed by atoms with Crippen molar-refractivity contribution in [2.75, 3.05) is 33.9 Å². The molecule has 16 heteroatoms. The average Bonchev–Trinajstić information content (AvgIpc) is 4.17. The van der Waals surface area contributed by atoms with Crippen molar-refractivity contribution in [1.82, 2.24) is 40.4 Å². The molecule has 2 fully saturated rings. The summed E-state index contributed by atoms with van der Waals surface area (Å²) >= 11 is 3.26. The van der Waals surface area contributed by atoms with Gasteiger partial charge in [-0.1, -0.05) is 88.4 Å². The van der Waals surface area contributed by atoms with E-state index in [0.29, 0.717) is 13.1 Å². The highest BCUT2D eigenvalue weighted by Crippen LogP contribution is 2.41. The Labute approximate surface area is 387 Å². The Morgan fingerprint density at radius 1 is 0.662 bits per heavy atom. The molecule has 14 nitrogen and oxygen atoms in total. The zero-order valence-corrected chi connectivity index (χ0v) is 39.2. The van der Waals surface area contributed by atoms with Crippen LogP contribution in [0.3, 0.4) is 0 Å². The molecule has 4 N–H and O–H groups in total. The van der Waals surface area contributed by atoms with Crippen molar-refractivity contribution in [1.29, 1.82) is 0 Å². The van der Waals surface area contributed by atoms with Gasteiger partial charge in [-0.2, -0.15) is 0 Å². The zero-order valence-electron chi connectivity index (χ0n) is 37.6. The van der Waals surface area contributed by atoms with Crippen molar-refractivity contribution in [3.63, 3.8) is 0 Å². The van der Waals surface area contributed by atoms with Gasteiger partial charge in [-0.25, -0.2) is 19.6 Å². The van der Waals surface area contributed by atoms with Crippen LogP contribution in [-0.4, -0.2) is 93.6 Å². The first-order valence-electron chi connectivity index (χ1n) is 22.2. The molecule has 2 aliphatic rings. The number of hydrogen-bond acceptors (Lipinski definition) is 10. The number of amides is 4. The SMILES string of the molecule is COC(=O)NC[C@H](C(=O)N1CCCC1c1nc(-c2ccc(-c3ccc(-c4nc(C5CCCN5C(=O)[C@@H](NC(=O)OC)C(C)C)[nH]c4-c4cccs4)cc3)cc2)c(-c2cccs2)[nH]1)C(C)C. The van der Waals surface area contributed by atoms with Crippen molar-refractivity contribution in [2.45, 2.75) is 71.5 Å². The molecule has 2 unspecified atom stereocenters. The standard InChI is InChI=1S/C49H56N8O6S2/c1-28(2)34(27-50-48(60)62-5)46(58)56-23-7-11-35(56)44-51-40(42(53-44)37-13-9-25-64-37)32-19-15-30(16-20-32)31-17-21-33(22-18-31)41-43(38-14-10-26-65-38)54-45(52-41)36-12-8-24-57(36)47(59)39(29(3)4)55-49(61)63-6/h9-10,13-22,25-26,28-29,34-36,39H,7-8,11-12,23-24,27H2,1-6H3,(H,50,60)(H,51,53)(H,52,54)(H,55,61)/t34-,35?,36?,39-/m0/s1. The van der Waals surface area contributed by atoms with E-state index in [1.807, 2.05) is 60.4 Å². The molecule has 340 valence electrons. The topological polar surface area (TPSA) is 175 Å². The molecular weight excluding hydrogens is 861 g/mol. The van der Waals surface area contributed by atoms with Crippen molar-refractivity contribution in [3.8, 4) is 54.8 Å². The highest BCUT2D eigenvalue weighted by Gasteiger charge is 2.39. The van der Waals surface area contributed by atoms with Crippen LogP contribution in [0.2, 0.25) is 0 Å². The van der Waals surface area contributed by atoms with E-state index in [1.54, 1.807) is 22.7 Å². The summed E-state index contributed by atoms with van der Waals surface area (Å²) in [5.41, 5.74) is 7.45. The number of aromatic amines is 2. The molecule has 8 rings (SSSR count). The van der Waals surface area contributed by atoms with Crippen molar-refractivity contribution >= 4 is 46.7 Å². The van der Waals surface area contributed by atoms with Gasteiger partial charge in [0.2, 0.25) is 11.8 Å². The Morgan fingerprint density at radius 2 is 1.12 bits per heavy atom. The lowest BCUT2D eigenvalue weighted by Crippen LogP contribution is -2.51. The Balaban J connectivity index is 1.04.